The normalized spacial score (nSPS) is 14.8. The molecule has 1 aliphatic carbocycles. The highest BCUT2D eigenvalue weighted by Gasteiger charge is 2.34. The van der Waals surface area contributed by atoms with Crippen LogP contribution >= 0.6 is 0 Å². The van der Waals surface area contributed by atoms with Gasteiger partial charge in [0.05, 0.1) is 27.7 Å². The summed E-state index contributed by atoms with van der Waals surface area (Å²) in [6.07, 6.45) is -0.817. The zero-order valence-corrected chi connectivity index (χ0v) is 14.7. The van der Waals surface area contributed by atoms with Crippen molar-refractivity contribution in [2.24, 2.45) is 0 Å². The molecular weight excluding hydrogens is 367 g/mol. The molecule has 0 saturated heterocycles. The Labute approximate surface area is 158 Å². The van der Waals surface area contributed by atoms with Crippen LogP contribution in [0.3, 0.4) is 0 Å². The second-order valence-corrected chi connectivity index (χ2v) is 7.12. The van der Waals surface area contributed by atoms with Crippen molar-refractivity contribution in [1.82, 2.24) is 9.55 Å². The number of nitrogen functional groups attached to an aromatic ring is 1. The first-order chi connectivity index (χ1) is 13.4. The van der Waals surface area contributed by atoms with Gasteiger partial charge in [0.2, 0.25) is 5.88 Å². The molecule has 2 aromatic carbocycles. The van der Waals surface area contributed by atoms with Crippen LogP contribution in [-0.2, 0) is 6.18 Å². The van der Waals surface area contributed by atoms with Gasteiger partial charge in [-0.25, -0.2) is 4.98 Å². The zero-order chi connectivity index (χ0) is 19.6. The van der Waals surface area contributed by atoms with Crippen molar-refractivity contribution in [3.8, 4) is 17.0 Å². The monoisotopic (exact) mass is 383 g/mol. The Morgan fingerprint density at radius 1 is 1.04 bits per heavy atom. The van der Waals surface area contributed by atoms with Crippen molar-refractivity contribution in [3.63, 3.8) is 0 Å². The number of para-hydroxylation sites is 1. The highest BCUT2D eigenvalue weighted by atomic mass is 19.4. The Bertz CT molecular complexity index is 1240. The number of aromatic nitrogens is 2. The molecule has 4 aromatic rings. The molecule has 0 radical (unpaired) electrons. The van der Waals surface area contributed by atoms with E-state index in [0.717, 1.165) is 18.9 Å². The van der Waals surface area contributed by atoms with Crippen LogP contribution in [0.2, 0.25) is 0 Å². The van der Waals surface area contributed by atoms with Crippen LogP contribution in [0.1, 0.15) is 24.4 Å². The van der Waals surface area contributed by atoms with E-state index in [-0.39, 0.29) is 17.5 Å². The van der Waals surface area contributed by atoms with Gasteiger partial charge in [-0.1, -0.05) is 36.4 Å². The summed E-state index contributed by atoms with van der Waals surface area (Å²) in [6, 6.07) is 10.6. The second-order valence-electron chi connectivity index (χ2n) is 7.12. The standard InChI is InChI=1S/C21H16F3N3O/c22-21(23,24)15-7-2-1-4-12(15)13-5-3-6-14-18(25)17-16(26-19(13)14)10-27(20(17)28)11-8-9-11/h1-7,10-11,28H,8-9,25H2. The van der Waals surface area contributed by atoms with E-state index in [1.807, 2.05) is 0 Å². The molecule has 1 aliphatic rings. The number of hydrogen-bond donors (Lipinski definition) is 2. The van der Waals surface area contributed by atoms with Crippen LogP contribution in [0.5, 0.6) is 5.88 Å². The molecule has 0 amide bonds. The Morgan fingerprint density at radius 3 is 2.46 bits per heavy atom. The molecule has 7 heteroatoms. The molecule has 0 spiro atoms. The molecule has 2 aromatic heterocycles. The molecule has 1 fully saturated rings. The SMILES string of the molecule is Nc1c2cccc(-c3ccccc3C(F)(F)F)c2nc2cn(C3CC3)c(O)c12. The molecule has 0 aliphatic heterocycles. The third-order valence-electron chi connectivity index (χ3n) is 5.28. The van der Waals surface area contributed by atoms with Gasteiger partial charge in [-0.2, -0.15) is 13.2 Å². The van der Waals surface area contributed by atoms with Gasteiger partial charge in [0.1, 0.15) is 0 Å². The number of benzene rings is 2. The van der Waals surface area contributed by atoms with Gasteiger partial charge >= 0.3 is 6.18 Å². The third kappa shape index (κ3) is 2.42. The van der Waals surface area contributed by atoms with Crippen LogP contribution in [0.15, 0.2) is 48.7 Å². The maximum atomic E-state index is 13.5. The Kier molecular flexibility index (Phi) is 3.41. The van der Waals surface area contributed by atoms with Gasteiger partial charge in [-0.05, 0) is 24.5 Å². The van der Waals surface area contributed by atoms with Gasteiger partial charge in [0, 0.05) is 23.2 Å². The number of alkyl halides is 3. The summed E-state index contributed by atoms with van der Waals surface area (Å²) in [5.74, 6) is 0.0606. The van der Waals surface area contributed by atoms with E-state index in [4.69, 9.17) is 5.73 Å². The van der Waals surface area contributed by atoms with Gasteiger partial charge < -0.3 is 15.4 Å². The number of nitrogens with zero attached hydrogens (tertiary/aromatic N) is 2. The molecule has 0 bridgehead atoms. The van der Waals surface area contributed by atoms with Crippen molar-refractivity contribution >= 4 is 27.5 Å². The average molecular weight is 383 g/mol. The molecule has 1 saturated carbocycles. The Hall–Kier alpha value is -3.22. The first-order valence-electron chi connectivity index (χ1n) is 8.94. The molecule has 4 nitrogen and oxygen atoms in total. The fourth-order valence-electron chi connectivity index (χ4n) is 3.79. The first kappa shape index (κ1) is 16.9. The van der Waals surface area contributed by atoms with Crippen LogP contribution in [-0.4, -0.2) is 14.7 Å². The lowest BCUT2D eigenvalue weighted by atomic mass is 9.96. The second kappa shape index (κ2) is 5.64. The first-order valence-corrected chi connectivity index (χ1v) is 8.94. The number of fused-ring (bicyclic) bond motifs is 2. The summed E-state index contributed by atoms with van der Waals surface area (Å²) in [7, 11) is 0. The van der Waals surface area contributed by atoms with Crippen LogP contribution in [0, 0.1) is 0 Å². The highest BCUT2D eigenvalue weighted by molar-refractivity contribution is 6.12. The van der Waals surface area contributed by atoms with Crippen molar-refractivity contribution < 1.29 is 18.3 Å². The summed E-state index contributed by atoms with van der Waals surface area (Å²) >= 11 is 0. The zero-order valence-electron chi connectivity index (χ0n) is 14.7. The Balaban J connectivity index is 1.84. The molecule has 0 atom stereocenters. The lowest BCUT2D eigenvalue weighted by molar-refractivity contribution is -0.137. The number of pyridine rings is 1. The van der Waals surface area contributed by atoms with Gasteiger partial charge in [-0.15, -0.1) is 0 Å². The topological polar surface area (TPSA) is 64.1 Å². The molecule has 5 rings (SSSR count). The number of aromatic hydroxyl groups is 1. The number of rotatable bonds is 2. The molecule has 2 heterocycles. The largest absolute Gasteiger partial charge is 0.494 e. The molecule has 28 heavy (non-hydrogen) atoms. The highest BCUT2D eigenvalue weighted by Crippen LogP contribution is 2.45. The van der Waals surface area contributed by atoms with E-state index < -0.39 is 11.7 Å². The number of halogens is 3. The minimum atomic E-state index is -4.48. The summed E-state index contributed by atoms with van der Waals surface area (Å²) in [5, 5.41) is 11.5. The van der Waals surface area contributed by atoms with E-state index in [2.05, 4.69) is 4.98 Å². The van der Waals surface area contributed by atoms with Gasteiger partial charge in [0.15, 0.2) is 0 Å². The fraction of sp³-hybridized carbons (Fsp3) is 0.190. The maximum absolute atomic E-state index is 13.5. The number of hydrogen-bond acceptors (Lipinski definition) is 3. The van der Waals surface area contributed by atoms with Crippen LogP contribution in [0.25, 0.3) is 32.9 Å². The van der Waals surface area contributed by atoms with E-state index >= 15 is 0 Å². The van der Waals surface area contributed by atoms with Crippen molar-refractivity contribution in [2.75, 3.05) is 5.73 Å². The van der Waals surface area contributed by atoms with Gasteiger partial charge in [-0.3, -0.25) is 0 Å². The fourth-order valence-corrected chi connectivity index (χ4v) is 3.79. The quantitative estimate of drug-likeness (QED) is 0.481. The van der Waals surface area contributed by atoms with E-state index in [0.29, 0.717) is 33.1 Å². The number of anilines is 1. The van der Waals surface area contributed by atoms with Crippen molar-refractivity contribution in [3.05, 3.63) is 54.2 Å². The van der Waals surface area contributed by atoms with Gasteiger partial charge in [0.25, 0.3) is 0 Å². The summed E-state index contributed by atoms with van der Waals surface area (Å²) in [6.45, 7) is 0. The van der Waals surface area contributed by atoms with E-state index in [1.54, 1.807) is 35.0 Å². The summed E-state index contributed by atoms with van der Waals surface area (Å²) < 4.78 is 42.4. The lowest BCUT2D eigenvalue weighted by Crippen LogP contribution is -2.07. The Morgan fingerprint density at radius 2 is 1.75 bits per heavy atom. The van der Waals surface area contributed by atoms with Crippen LogP contribution in [0.4, 0.5) is 18.9 Å². The summed E-state index contributed by atoms with van der Waals surface area (Å²) in [4.78, 5) is 4.60. The average Bonchev–Trinajstić information content (AvgIpc) is 3.45. The minimum Gasteiger partial charge on any atom is -0.494 e. The lowest BCUT2D eigenvalue weighted by Gasteiger charge is -2.15. The van der Waals surface area contributed by atoms with E-state index in [1.165, 1.54) is 12.1 Å². The number of nitrogens with two attached hydrogens (primary N) is 1. The van der Waals surface area contributed by atoms with Crippen LogP contribution < -0.4 is 5.73 Å². The maximum Gasteiger partial charge on any atom is 0.417 e. The minimum absolute atomic E-state index is 0.0534. The summed E-state index contributed by atoms with van der Waals surface area (Å²) in [5.41, 5.74) is 7.20. The predicted octanol–water partition coefficient (Wildman–Crippen LogP) is 5.50. The molecule has 142 valence electrons. The molecule has 0 unspecified atom stereocenters. The molecular formula is C21H16F3N3O. The van der Waals surface area contributed by atoms with E-state index in [9.17, 15) is 18.3 Å². The van der Waals surface area contributed by atoms with Crippen molar-refractivity contribution in [2.45, 2.75) is 25.1 Å². The van der Waals surface area contributed by atoms with Crippen molar-refractivity contribution in [1.29, 1.82) is 0 Å². The predicted molar refractivity (Wildman–Crippen MR) is 102 cm³/mol. The third-order valence-corrected chi connectivity index (χ3v) is 5.28. The smallest absolute Gasteiger partial charge is 0.417 e. The molecule has 3 N–H and O–H groups in total.